The highest BCUT2D eigenvalue weighted by atomic mass is 32.3. The number of carbonyl (C=O) groups excluding carboxylic acids is 2. The minimum absolute atomic E-state index is 0.0922. The molecular formula is C13H20F2N4O7S. The number of likely N-dealkylation sites (N-methyl/N-ethyl adjacent to an activating group) is 1. The minimum Gasteiger partial charge on any atom is -0.308 e. The zero-order valence-corrected chi connectivity index (χ0v) is 15.2. The number of nitrogens with zero attached hydrogens (tertiary/aromatic N) is 3. The van der Waals surface area contributed by atoms with Crippen molar-refractivity contribution in [2.45, 2.75) is 43.3 Å². The molecule has 0 saturated carbocycles. The number of piperidine rings is 1. The van der Waals surface area contributed by atoms with Crippen LogP contribution in [0.1, 0.15) is 19.3 Å². The summed E-state index contributed by atoms with van der Waals surface area (Å²) in [6.45, 7) is 0.425. The van der Waals surface area contributed by atoms with Crippen LogP contribution in [0.4, 0.5) is 13.6 Å². The number of rotatable bonds is 6. The summed E-state index contributed by atoms with van der Waals surface area (Å²) in [5, 5.41) is -0.114. The second-order valence-corrected chi connectivity index (χ2v) is 7.82. The van der Waals surface area contributed by atoms with E-state index in [1.807, 2.05) is 11.9 Å². The average Bonchev–Trinajstić information content (AvgIpc) is 3.07. The highest BCUT2D eigenvalue weighted by Crippen LogP contribution is 2.41. The van der Waals surface area contributed by atoms with E-state index in [0.717, 1.165) is 24.3 Å². The van der Waals surface area contributed by atoms with Gasteiger partial charge in [0.15, 0.2) is 0 Å². The summed E-state index contributed by atoms with van der Waals surface area (Å²) < 4.78 is 62.9. The summed E-state index contributed by atoms with van der Waals surface area (Å²) in [4.78, 5) is 32.4. The molecule has 3 saturated heterocycles. The van der Waals surface area contributed by atoms with Crippen LogP contribution in [0.25, 0.3) is 0 Å². The van der Waals surface area contributed by atoms with Gasteiger partial charge in [0.25, 0.3) is 11.8 Å². The van der Waals surface area contributed by atoms with Crippen LogP contribution in [-0.4, -0.2) is 90.6 Å². The highest BCUT2D eigenvalue weighted by molar-refractivity contribution is 7.80. The van der Waals surface area contributed by atoms with E-state index in [1.54, 1.807) is 0 Å². The third-order valence-electron chi connectivity index (χ3n) is 5.01. The number of likely N-dealkylation sites (tertiary alicyclic amines) is 1. The highest BCUT2D eigenvalue weighted by Gasteiger charge is 2.62. The van der Waals surface area contributed by atoms with Crippen molar-refractivity contribution in [2.75, 3.05) is 26.7 Å². The molecule has 3 aliphatic heterocycles. The van der Waals surface area contributed by atoms with Crippen LogP contribution in [0, 0.1) is 0 Å². The molecule has 0 aliphatic carbocycles. The molecule has 2 bridgehead atoms. The maximum atomic E-state index is 14.3. The van der Waals surface area contributed by atoms with Crippen LogP contribution >= 0.6 is 0 Å². The average molecular weight is 414 g/mol. The first-order chi connectivity index (χ1) is 12.5. The fourth-order valence-corrected chi connectivity index (χ4v) is 3.93. The molecule has 11 nitrogen and oxygen atoms in total. The minimum atomic E-state index is -5.18. The van der Waals surface area contributed by atoms with Crippen LogP contribution in [0.3, 0.4) is 0 Å². The van der Waals surface area contributed by atoms with Crippen LogP contribution in [-0.2, 0) is 24.3 Å². The fourth-order valence-electron chi connectivity index (χ4n) is 3.55. The molecular weight excluding hydrogens is 394 g/mol. The molecule has 3 heterocycles. The summed E-state index contributed by atoms with van der Waals surface area (Å²) in [5.41, 5.74) is 2.08. The van der Waals surface area contributed by atoms with Gasteiger partial charge < -0.3 is 9.80 Å². The molecule has 0 aromatic carbocycles. The van der Waals surface area contributed by atoms with E-state index < -0.39 is 53.3 Å². The Balaban J connectivity index is 1.64. The van der Waals surface area contributed by atoms with Gasteiger partial charge in [-0.15, -0.1) is 4.28 Å². The van der Waals surface area contributed by atoms with Gasteiger partial charge in [-0.3, -0.25) is 14.2 Å². The maximum Gasteiger partial charge on any atom is 0.418 e. The van der Waals surface area contributed by atoms with Crippen LogP contribution in [0.5, 0.6) is 0 Å². The molecule has 0 spiro atoms. The first-order valence-electron chi connectivity index (χ1n) is 8.26. The van der Waals surface area contributed by atoms with Gasteiger partial charge in [-0.25, -0.2) is 19.1 Å². The Kier molecular flexibility index (Phi) is 5.28. The predicted octanol–water partition coefficient (Wildman–Crippen LogP) is -0.623. The number of nitrogens with one attached hydrogen (secondary N) is 1. The van der Waals surface area contributed by atoms with Gasteiger partial charge in [0.2, 0.25) is 0 Å². The number of hydrogen-bond acceptors (Lipinski definition) is 7. The van der Waals surface area contributed by atoms with Gasteiger partial charge in [-0.2, -0.15) is 13.5 Å². The van der Waals surface area contributed by atoms with E-state index >= 15 is 0 Å². The topological polar surface area (TPSA) is 129 Å². The van der Waals surface area contributed by atoms with E-state index in [-0.39, 0.29) is 17.7 Å². The summed E-state index contributed by atoms with van der Waals surface area (Å²) in [7, 11) is -3.28. The summed E-state index contributed by atoms with van der Waals surface area (Å²) >= 11 is 0. The van der Waals surface area contributed by atoms with Crippen molar-refractivity contribution >= 4 is 22.3 Å². The first kappa shape index (κ1) is 20.1. The van der Waals surface area contributed by atoms with E-state index in [2.05, 4.69) is 9.76 Å². The van der Waals surface area contributed by atoms with E-state index in [1.165, 1.54) is 0 Å². The second kappa shape index (κ2) is 7.09. The lowest BCUT2D eigenvalue weighted by Crippen LogP contribution is -2.56. The maximum absolute atomic E-state index is 14.3. The molecule has 3 fully saturated rings. The Morgan fingerprint density at radius 2 is 2.15 bits per heavy atom. The molecule has 2 N–H and O–H groups in total. The van der Waals surface area contributed by atoms with Crippen molar-refractivity contribution in [2.24, 2.45) is 0 Å². The molecule has 3 atom stereocenters. The summed E-state index contributed by atoms with van der Waals surface area (Å²) in [6.07, 6.45) is 0.829. The molecule has 154 valence electrons. The second-order valence-electron chi connectivity index (χ2n) is 6.81. The molecule has 0 aromatic heterocycles. The van der Waals surface area contributed by atoms with Crippen molar-refractivity contribution in [1.82, 2.24) is 20.3 Å². The Bertz CT molecular complexity index is 721. The molecule has 0 aromatic rings. The molecule has 0 radical (unpaired) electrons. The number of hydrogen-bond donors (Lipinski definition) is 2. The molecule has 3 rings (SSSR count). The van der Waals surface area contributed by atoms with Gasteiger partial charge in [-0.1, -0.05) is 0 Å². The zero-order valence-electron chi connectivity index (χ0n) is 14.4. The Labute approximate surface area is 154 Å². The first-order valence-corrected chi connectivity index (χ1v) is 9.62. The number of amides is 3. The van der Waals surface area contributed by atoms with Crippen LogP contribution in [0.2, 0.25) is 0 Å². The number of fused-ring (bicyclic) bond motifs is 2. The van der Waals surface area contributed by atoms with Crippen molar-refractivity contribution in [3.05, 3.63) is 0 Å². The number of halogens is 2. The van der Waals surface area contributed by atoms with Gasteiger partial charge in [0.05, 0.1) is 13.2 Å². The summed E-state index contributed by atoms with van der Waals surface area (Å²) in [5.74, 6) is -4.56. The molecule has 14 heteroatoms. The lowest BCUT2D eigenvalue weighted by molar-refractivity contribution is -0.159. The van der Waals surface area contributed by atoms with Gasteiger partial charge in [-0.05, 0) is 26.4 Å². The van der Waals surface area contributed by atoms with E-state index in [9.17, 15) is 26.8 Å². The Morgan fingerprint density at radius 1 is 1.44 bits per heavy atom. The van der Waals surface area contributed by atoms with Crippen molar-refractivity contribution < 1.29 is 40.5 Å². The lowest BCUT2D eigenvalue weighted by Gasteiger charge is -2.34. The number of carbonyl (C=O) groups is 2. The number of hydroxylamine groups is 3. The van der Waals surface area contributed by atoms with Gasteiger partial charge >= 0.3 is 16.4 Å². The van der Waals surface area contributed by atoms with Gasteiger partial charge in [0, 0.05) is 12.5 Å². The Hall–Kier alpha value is -1.61. The molecule has 3 amide bonds. The monoisotopic (exact) mass is 414 g/mol. The molecule has 1 unspecified atom stereocenters. The van der Waals surface area contributed by atoms with Crippen LogP contribution < -0.4 is 5.48 Å². The smallest absolute Gasteiger partial charge is 0.308 e. The Morgan fingerprint density at radius 3 is 2.74 bits per heavy atom. The normalized spacial score (nSPS) is 30.8. The number of urea groups is 1. The standard InChI is InChI=1S/C13H20F2N4O7S/c1-17-4-2-3-8(17)7-25-16-11(20)9-5-13(14,15)10-6-18(9)12(21)19(10)26-27(22,23)24/h8-10H,2-7H2,1H3,(H,16,20)(H,22,23,24)/t8?,9-,10-/m0/s1. The SMILES string of the molecule is CN1CCCC1CONC(=O)[C@@H]1CC(F)(F)[C@@H]2CN1C(=O)N2OS(=O)(=O)O. The zero-order chi connectivity index (χ0) is 20.0. The third kappa shape index (κ3) is 4.13. The van der Waals surface area contributed by atoms with Crippen LogP contribution in [0.15, 0.2) is 0 Å². The molecule has 27 heavy (non-hydrogen) atoms. The van der Waals surface area contributed by atoms with E-state index in [0.29, 0.717) is 0 Å². The summed E-state index contributed by atoms with van der Waals surface area (Å²) in [6, 6.07) is -4.68. The largest absolute Gasteiger partial charge is 0.418 e. The number of alkyl halides is 2. The quantitative estimate of drug-likeness (QED) is 0.435. The lowest BCUT2D eigenvalue weighted by atomic mass is 9.96. The van der Waals surface area contributed by atoms with Crippen molar-refractivity contribution in [1.29, 1.82) is 0 Å². The third-order valence-corrected chi connectivity index (χ3v) is 5.36. The predicted molar refractivity (Wildman–Crippen MR) is 83.5 cm³/mol. The van der Waals surface area contributed by atoms with Crippen molar-refractivity contribution in [3.63, 3.8) is 0 Å². The fraction of sp³-hybridized carbons (Fsp3) is 0.846. The van der Waals surface area contributed by atoms with Gasteiger partial charge in [0.1, 0.15) is 12.1 Å². The molecule has 3 aliphatic rings. The van der Waals surface area contributed by atoms with E-state index in [4.69, 9.17) is 9.39 Å². The van der Waals surface area contributed by atoms with Crippen molar-refractivity contribution in [3.8, 4) is 0 Å².